The number of anilines is 2. The van der Waals surface area contributed by atoms with Crippen LogP contribution in [0.5, 0.6) is 0 Å². The van der Waals surface area contributed by atoms with E-state index in [-0.39, 0.29) is 24.0 Å². The molecule has 3 amide bonds. The number of aryl methyl sites for hydroxylation is 1. The highest BCUT2D eigenvalue weighted by Crippen LogP contribution is 2.33. The second kappa shape index (κ2) is 8.41. The van der Waals surface area contributed by atoms with Crippen molar-refractivity contribution in [3.05, 3.63) is 34.4 Å². The zero-order chi connectivity index (χ0) is 19.6. The summed E-state index contributed by atoms with van der Waals surface area (Å²) in [7, 11) is 0. The van der Waals surface area contributed by atoms with Gasteiger partial charge in [0, 0.05) is 23.1 Å². The normalized spacial score (nSPS) is 16.6. The van der Waals surface area contributed by atoms with Crippen molar-refractivity contribution in [3.8, 4) is 0 Å². The summed E-state index contributed by atoms with van der Waals surface area (Å²) in [5.41, 5.74) is 6.67. The summed E-state index contributed by atoms with van der Waals surface area (Å²) in [6, 6.07) is 7.41. The molecule has 142 valence electrons. The molecule has 0 saturated carbocycles. The third-order valence-electron chi connectivity index (χ3n) is 3.96. The van der Waals surface area contributed by atoms with E-state index in [1.807, 2.05) is 31.2 Å². The van der Waals surface area contributed by atoms with Crippen LogP contribution < -0.4 is 16.0 Å². The lowest BCUT2D eigenvalue weighted by Gasteiger charge is -2.16. The lowest BCUT2D eigenvalue weighted by atomic mass is 10.1. The second-order valence-electron chi connectivity index (χ2n) is 6.02. The standard InChI is InChI=1S/C17H17BrN4O3S2/c1-9-16(26-8-13(19)23)27-17(20-9)21-15(25)10-6-14(24)22(7-10)12-4-2-11(18)3-5-12/h2-5,10H,6-8H2,1H3,(H2,19,23)(H,20,21,25). The minimum absolute atomic E-state index is 0.0782. The van der Waals surface area contributed by atoms with Crippen molar-refractivity contribution in [1.29, 1.82) is 0 Å². The number of carbonyl (C=O) groups excluding carboxylic acids is 3. The molecule has 2 heterocycles. The summed E-state index contributed by atoms with van der Waals surface area (Å²) in [5, 5.41) is 3.24. The summed E-state index contributed by atoms with van der Waals surface area (Å²) < 4.78 is 1.76. The van der Waals surface area contributed by atoms with Crippen LogP contribution in [0.2, 0.25) is 0 Å². The van der Waals surface area contributed by atoms with Crippen molar-refractivity contribution in [2.45, 2.75) is 17.6 Å². The van der Waals surface area contributed by atoms with E-state index in [2.05, 4.69) is 26.2 Å². The van der Waals surface area contributed by atoms with Gasteiger partial charge in [-0.15, -0.1) is 11.8 Å². The molecule has 1 unspecified atom stereocenters. The molecule has 0 radical (unpaired) electrons. The molecule has 1 aromatic carbocycles. The van der Waals surface area contributed by atoms with Gasteiger partial charge in [0.25, 0.3) is 0 Å². The summed E-state index contributed by atoms with van der Waals surface area (Å²) in [5.74, 6) is -0.994. The Bertz CT molecular complexity index is 885. The van der Waals surface area contributed by atoms with Crippen molar-refractivity contribution in [2.75, 3.05) is 22.5 Å². The topological polar surface area (TPSA) is 105 Å². The molecule has 0 spiro atoms. The Balaban J connectivity index is 1.63. The van der Waals surface area contributed by atoms with Gasteiger partial charge in [0.2, 0.25) is 17.7 Å². The molecule has 27 heavy (non-hydrogen) atoms. The first-order valence-corrected chi connectivity index (χ1v) is 10.7. The van der Waals surface area contributed by atoms with Gasteiger partial charge in [-0.25, -0.2) is 4.98 Å². The molecule has 0 aliphatic carbocycles. The van der Waals surface area contributed by atoms with E-state index >= 15 is 0 Å². The number of nitrogens with one attached hydrogen (secondary N) is 1. The molecule has 3 N–H and O–H groups in total. The SMILES string of the molecule is Cc1nc(NC(=O)C2CC(=O)N(c3ccc(Br)cc3)C2)sc1SCC(N)=O. The van der Waals surface area contributed by atoms with Crippen molar-refractivity contribution in [2.24, 2.45) is 11.7 Å². The predicted molar refractivity (Wildman–Crippen MR) is 110 cm³/mol. The number of amides is 3. The lowest BCUT2D eigenvalue weighted by Crippen LogP contribution is -2.28. The van der Waals surface area contributed by atoms with Crippen LogP contribution in [0.15, 0.2) is 32.9 Å². The molecule has 1 aliphatic rings. The zero-order valence-corrected chi connectivity index (χ0v) is 17.6. The van der Waals surface area contributed by atoms with Gasteiger partial charge < -0.3 is 16.0 Å². The van der Waals surface area contributed by atoms with E-state index < -0.39 is 11.8 Å². The minimum atomic E-state index is -0.438. The monoisotopic (exact) mass is 468 g/mol. The van der Waals surface area contributed by atoms with Gasteiger partial charge in [0.15, 0.2) is 5.13 Å². The molecule has 0 bridgehead atoms. The molecule has 7 nitrogen and oxygen atoms in total. The third-order valence-corrected chi connectivity index (χ3v) is 6.95. The highest BCUT2D eigenvalue weighted by Gasteiger charge is 2.35. The maximum atomic E-state index is 12.6. The fraction of sp³-hybridized carbons (Fsp3) is 0.294. The van der Waals surface area contributed by atoms with Crippen LogP contribution in [-0.4, -0.2) is 35.0 Å². The van der Waals surface area contributed by atoms with Crippen LogP contribution in [0, 0.1) is 12.8 Å². The van der Waals surface area contributed by atoms with Crippen LogP contribution in [0.4, 0.5) is 10.8 Å². The largest absolute Gasteiger partial charge is 0.369 e. The first-order valence-electron chi connectivity index (χ1n) is 8.09. The summed E-state index contributed by atoms with van der Waals surface area (Å²) >= 11 is 5.96. The number of nitrogens with two attached hydrogens (primary N) is 1. The lowest BCUT2D eigenvalue weighted by molar-refractivity contribution is -0.122. The van der Waals surface area contributed by atoms with E-state index in [4.69, 9.17) is 5.73 Å². The van der Waals surface area contributed by atoms with E-state index in [0.29, 0.717) is 11.7 Å². The van der Waals surface area contributed by atoms with Gasteiger partial charge in [0.05, 0.1) is 21.6 Å². The third kappa shape index (κ3) is 4.88. The van der Waals surface area contributed by atoms with Gasteiger partial charge in [-0.2, -0.15) is 0 Å². The molecule has 1 atom stereocenters. The first kappa shape index (κ1) is 19.8. The molecule has 1 aliphatic heterocycles. The van der Waals surface area contributed by atoms with Crippen LogP contribution >= 0.6 is 39.0 Å². The van der Waals surface area contributed by atoms with Crippen LogP contribution in [0.3, 0.4) is 0 Å². The van der Waals surface area contributed by atoms with Crippen LogP contribution in [-0.2, 0) is 14.4 Å². The first-order chi connectivity index (χ1) is 12.8. The smallest absolute Gasteiger partial charge is 0.231 e. The molecule has 1 fully saturated rings. The molecule has 2 aromatic rings. The minimum Gasteiger partial charge on any atom is -0.369 e. The van der Waals surface area contributed by atoms with E-state index in [0.717, 1.165) is 20.1 Å². The average Bonchev–Trinajstić information content (AvgIpc) is 3.16. The summed E-state index contributed by atoms with van der Waals surface area (Å²) in [6.45, 7) is 2.14. The second-order valence-corrected chi connectivity index (χ2v) is 9.18. The van der Waals surface area contributed by atoms with Gasteiger partial charge in [-0.1, -0.05) is 27.3 Å². The fourth-order valence-electron chi connectivity index (χ4n) is 2.67. The highest BCUT2D eigenvalue weighted by atomic mass is 79.9. The Morgan fingerprint density at radius 1 is 1.41 bits per heavy atom. The predicted octanol–water partition coefficient (Wildman–Crippen LogP) is 2.78. The van der Waals surface area contributed by atoms with E-state index in [1.165, 1.54) is 23.1 Å². The Morgan fingerprint density at radius 3 is 2.78 bits per heavy atom. The number of carbonyl (C=O) groups is 3. The number of thiazole rings is 1. The number of aromatic nitrogens is 1. The molecular formula is C17H17BrN4O3S2. The van der Waals surface area contributed by atoms with Crippen molar-refractivity contribution in [3.63, 3.8) is 0 Å². The summed E-state index contributed by atoms with van der Waals surface area (Å²) in [6.07, 6.45) is 0.162. The Morgan fingerprint density at radius 2 is 2.11 bits per heavy atom. The molecule has 1 aromatic heterocycles. The number of rotatable bonds is 6. The molecule has 3 rings (SSSR count). The average molecular weight is 469 g/mol. The van der Waals surface area contributed by atoms with Crippen molar-refractivity contribution >= 4 is 67.6 Å². The Hall–Kier alpha value is -1.91. The van der Waals surface area contributed by atoms with Gasteiger partial charge in [-0.3, -0.25) is 14.4 Å². The number of thioether (sulfide) groups is 1. The maximum absolute atomic E-state index is 12.6. The number of hydrogen-bond donors (Lipinski definition) is 2. The maximum Gasteiger partial charge on any atom is 0.231 e. The number of primary amides is 1. The van der Waals surface area contributed by atoms with Gasteiger partial charge in [0.1, 0.15) is 0 Å². The zero-order valence-electron chi connectivity index (χ0n) is 14.4. The van der Waals surface area contributed by atoms with Crippen LogP contribution in [0.1, 0.15) is 12.1 Å². The quantitative estimate of drug-likeness (QED) is 0.633. The number of halogens is 1. The number of nitrogens with zero attached hydrogens (tertiary/aromatic N) is 2. The molecular weight excluding hydrogens is 452 g/mol. The molecule has 10 heteroatoms. The van der Waals surface area contributed by atoms with E-state index in [9.17, 15) is 14.4 Å². The van der Waals surface area contributed by atoms with Gasteiger partial charge in [-0.05, 0) is 31.2 Å². The number of benzene rings is 1. The fourth-order valence-corrected chi connectivity index (χ4v) is 4.81. The summed E-state index contributed by atoms with van der Waals surface area (Å²) in [4.78, 5) is 41.7. The number of hydrogen-bond acceptors (Lipinski definition) is 6. The Labute approximate surface area is 172 Å². The molecule has 1 saturated heterocycles. The van der Waals surface area contributed by atoms with E-state index in [1.54, 1.807) is 4.90 Å². The highest BCUT2D eigenvalue weighted by molar-refractivity contribution is 9.10. The van der Waals surface area contributed by atoms with Crippen LogP contribution in [0.25, 0.3) is 0 Å². The Kier molecular flexibility index (Phi) is 6.18. The van der Waals surface area contributed by atoms with Crippen molar-refractivity contribution < 1.29 is 14.4 Å². The van der Waals surface area contributed by atoms with Crippen molar-refractivity contribution in [1.82, 2.24) is 4.98 Å². The van der Waals surface area contributed by atoms with Gasteiger partial charge >= 0.3 is 0 Å².